The van der Waals surface area contributed by atoms with Crippen LogP contribution in [0.5, 0.6) is 0 Å². The van der Waals surface area contributed by atoms with E-state index in [-0.39, 0.29) is 50.0 Å². The number of aryl methyl sites for hydroxylation is 2. The SMILES string of the molecule is CC[C@@H]1NC(=O)[C@H]([C@H](O)[C@H](C)CCCCc2nnn(C)n2)N(C)C(=O)[C@H](C(C)C)N(C)C(=O)[C@H](CC(C)C)N(C)C(=O)[C@H](CC(C)C)N(C)C(=O)[C@@H](C)NC(=O)[C@H](C)NC(=O)[C@H](CC(C)C)N(C)C(=O)[C@H](C(C)C)NC(=O)[C@H]([C@@H](C)OCCCCN2CCOCC2)N(C)C(=O)[C@@H](C)N(C)C1=O. The first kappa shape index (κ1) is 88.3. The lowest BCUT2D eigenvalue weighted by Crippen LogP contribution is -2.64. The molecule has 0 saturated carbocycles. The summed E-state index contributed by atoms with van der Waals surface area (Å²) in [5.41, 5.74) is 0. The molecule has 0 radical (unpaired) electrons. The molecule has 3 rings (SSSR count). The van der Waals surface area contributed by atoms with E-state index in [4.69, 9.17) is 9.47 Å². The van der Waals surface area contributed by atoms with Crippen molar-refractivity contribution in [1.29, 1.82) is 0 Å². The molecule has 0 aromatic carbocycles. The van der Waals surface area contributed by atoms with Gasteiger partial charge in [-0.25, -0.2) is 0 Å². The monoisotopic (exact) mass is 1430 g/mol. The summed E-state index contributed by atoms with van der Waals surface area (Å²) in [5, 5.41) is 35.9. The number of unbranched alkanes of at least 4 members (excludes halogenated alkanes) is 2. The molecule has 1 aromatic heterocycles. The number of likely N-dealkylation sites (N-methyl/N-ethyl adjacent to an activating group) is 7. The standard InChI is InChI=1S/C71H128N16O14/c1-25-51-67(95)79(17)49(15)66(94)84(22)58(50(16)101-35-29-28-32-87-33-36-100-37-34-87)63(91)75-56(44(8)9)70(98)80(18)52(38-41(2)3)62(90)72-47(13)61(89)73-48(14)65(93)81(19)53(39-42(4)5)68(96)82(20)54(40-43(6)7)69(97)83(21)57(45(10)11)71(99)85(23)59(64(92)74-51)60(88)46(12)30-26-27-31-55-76-78-86(24)77-55/h41-54,56-60,88H,25-40H2,1-24H3,(H,72,90)(H,73,89)(H,74,92)(H,75,91)/t46-,47+,48-,49-,50-,51+,52+,53+,54+,56+,57+,58+,59+,60-/m1/s1. The fourth-order valence-electron chi connectivity index (χ4n) is 13.2. The van der Waals surface area contributed by atoms with E-state index in [0.29, 0.717) is 51.1 Å². The van der Waals surface area contributed by atoms with Gasteiger partial charge in [0.15, 0.2) is 5.82 Å². The van der Waals surface area contributed by atoms with E-state index in [9.17, 15) is 29.1 Å². The largest absolute Gasteiger partial charge is 0.390 e. The van der Waals surface area contributed by atoms with Gasteiger partial charge in [0, 0.05) is 75.5 Å². The van der Waals surface area contributed by atoms with Crippen LogP contribution in [0, 0.1) is 35.5 Å². The van der Waals surface area contributed by atoms with E-state index in [2.05, 4.69) is 41.6 Å². The number of carbonyl (C=O) groups excluding carboxylic acids is 11. The van der Waals surface area contributed by atoms with Gasteiger partial charge in [-0.2, -0.15) is 4.80 Å². The maximum absolute atomic E-state index is 15.5. The Bertz CT molecular complexity index is 2890. The molecule has 2 aliphatic heterocycles. The first-order valence-corrected chi connectivity index (χ1v) is 36.5. The molecule has 30 heteroatoms. The lowest BCUT2D eigenvalue weighted by Gasteiger charge is -2.41. The molecule has 576 valence electrons. The summed E-state index contributed by atoms with van der Waals surface area (Å²) < 4.78 is 11.9. The van der Waals surface area contributed by atoms with Crippen molar-refractivity contribution in [3.05, 3.63) is 5.82 Å². The van der Waals surface area contributed by atoms with Gasteiger partial charge >= 0.3 is 0 Å². The number of hydrogen-bond acceptors (Lipinski definition) is 18. The Balaban J connectivity index is 2.32. The van der Waals surface area contributed by atoms with E-state index in [1.54, 1.807) is 55.5 Å². The fourth-order valence-corrected chi connectivity index (χ4v) is 13.2. The van der Waals surface area contributed by atoms with Gasteiger partial charge in [0.2, 0.25) is 65.0 Å². The van der Waals surface area contributed by atoms with Crippen LogP contribution >= 0.6 is 0 Å². The number of nitrogens with one attached hydrogen (secondary N) is 4. The number of rotatable bonds is 23. The molecule has 3 heterocycles. The second-order valence-electron chi connectivity index (χ2n) is 30.1. The van der Waals surface area contributed by atoms with Crippen molar-refractivity contribution >= 4 is 65.0 Å². The highest BCUT2D eigenvalue weighted by Gasteiger charge is 2.47. The molecule has 0 unspecified atom stereocenters. The Morgan fingerprint density at radius 3 is 1.53 bits per heavy atom. The number of aliphatic hydroxyl groups excluding tert-OH is 1. The maximum Gasteiger partial charge on any atom is 0.246 e. The maximum atomic E-state index is 15.5. The number of aromatic nitrogens is 4. The normalized spacial score (nSPS) is 26.6. The predicted molar refractivity (Wildman–Crippen MR) is 382 cm³/mol. The minimum absolute atomic E-state index is 0.0251. The second kappa shape index (κ2) is 41.4. The summed E-state index contributed by atoms with van der Waals surface area (Å²) in [6.07, 6.45) is 1.18. The molecule has 0 bridgehead atoms. The molecule has 5 N–H and O–H groups in total. The molecule has 11 amide bonds. The summed E-state index contributed by atoms with van der Waals surface area (Å²) >= 11 is 0. The van der Waals surface area contributed by atoms with Crippen molar-refractivity contribution in [2.75, 3.05) is 88.8 Å². The number of aliphatic hydroxyl groups is 1. The Hall–Kier alpha value is -6.92. The molecule has 14 atom stereocenters. The number of hydrogen-bond donors (Lipinski definition) is 5. The third kappa shape index (κ3) is 25.2. The number of tetrazole rings is 1. The van der Waals surface area contributed by atoms with Gasteiger partial charge in [0.25, 0.3) is 0 Å². The van der Waals surface area contributed by atoms with E-state index in [0.717, 1.165) is 35.9 Å². The number of carbonyl (C=O) groups is 11. The smallest absolute Gasteiger partial charge is 0.246 e. The Kier molecular flexibility index (Phi) is 36.2. The van der Waals surface area contributed by atoms with E-state index in [1.807, 2.05) is 41.5 Å². The molecule has 30 nitrogen and oxygen atoms in total. The highest BCUT2D eigenvalue weighted by Crippen LogP contribution is 2.27. The molecule has 2 aliphatic rings. The van der Waals surface area contributed by atoms with Crippen LogP contribution < -0.4 is 21.3 Å². The average Bonchev–Trinajstić information content (AvgIpc) is 1.01. The van der Waals surface area contributed by atoms with Crippen LogP contribution in [0.3, 0.4) is 0 Å². The minimum atomic E-state index is -1.67. The van der Waals surface area contributed by atoms with Gasteiger partial charge in [0.1, 0.15) is 66.5 Å². The van der Waals surface area contributed by atoms with Gasteiger partial charge in [-0.05, 0) is 126 Å². The predicted octanol–water partition coefficient (Wildman–Crippen LogP) is 2.10. The summed E-state index contributed by atoms with van der Waals surface area (Å²) in [5.74, 6) is -9.68. The van der Waals surface area contributed by atoms with Gasteiger partial charge in [-0.15, -0.1) is 10.2 Å². The topological polar surface area (TPSA) is 344 Å². The number of ether oxygens (including phenoxy) is 2. The fraction of sp³-hybridized carbons (Fsp3) is 0.831. The van der Waals surface area contributed by atoms with E-state index >= 15 is 28.8 Å². The quantitative estimate of drug-likeness (QED) is 0.0980. The number of morpholine rings is 1. The molecule has 0 spiro atoms. The molecule has 2 fully saturated rings. The first-order chi connectivity index (χ1) is 47.1. The number of nitrogens with zero attached hydrogens (tertiary/aromatic N) is 12. The zero-order chi connectivity index (χ0) is 76.8. The average molecular weight is 1430 g/mol. The van der Waals surface area contributed by atoms with Crippen LogP contribution in [-0.2, 0) is 75.7 Å². The third-order valence-corrected chi connectivity index (χ3v) is 19.7. The highest BCUT2D eigenvalue weighted by atomic mass is 16.5. The van der Waals surface area contributed by atoms with Crippen LogP contribution in [0.4, 0.5) is 0 Å². The van der Waals surface area contributed by atoms with E-state index in [1.165, 1.54) is 99.4 Å². The molecule has 2 saturated heterocycles. The Morgan fingerprint density at radius 2 is 1.01 bits per heavy atom. The summed E-state index contributed by atoms with van der Waals surface area (Å²) in [6.45, 7) is 31.3. The Morgan fingerprint density at radius 1 is 0.505 bits per heavy atom. The van der Waals surface area contributed by atoms with Gasteiger partial charge in [-0.3, -0.25) is 57.6 Å². The molecular weight excluding hydrogens is 1300 g/mol. The molecular formula is C71H128N16O14. The van der Waals surface area contributed by atoms with Gasteiger partial charge < -0.3 is 70.1 Å². The third-order valence-electron chi connectivity index (χ3n) is 19.7. The second-order valence-corrected chi connectivity index (χ2v) is 30.1. The molecule has 0 aliphatic carbocycles. The molecule has 1 aromatic rings. The highest BCUT2D eigenvalue weighted by molar-refractivity contribution is 6.00. The van der Waals surface area contributed by atoms with Crippen LogP contribution in [0.15, 0.2) is 0 Å². The Labute approximate surface area is 601 Å². The van der Waals surface area contributed by atoms with Crippen molar-refractivity contribution in [1.82, 2.24) is 80.7 Å². The lowest BCUT2D eigenvalue weighted by molar-refractivity contribution is -0.157. The molecule has 101 heavy (non-hydrogen) atoms. The van der Waals surface area contributed by atoms with Crippen LogP contribution in [0.25, 0.3) is 0 Å². The van der Waals surface area contributed by atoms with Crippen LogP contribution in [0.2, 0.25) is 0 Å². The van der Waals surface area contributed by atoms with Crippen molar-refractivity contribution in [2.24, 2.45) is 42.6 Å². The van der Waals surface area contributed by atoms with Crippen molar-refractivity contribution in [2.45, 2.75) is 254 Å². The number of amides is 11. The zero-order valence-corrected chi connectivity index (χ0v) is 65.4. The van der Waals surface area contributed by atoms with Crippen LogP contribution in [0.1, 0.15) is 174 Å². The first-order valence-electron chi connectivity index (χ1n) is 36.5. The summed E-state index contributed by atoms with van der Waals surface area (Å²) in [4.78, 5) is 177. The van der Waals surface area contributed by atoms with Crippen LogP contribution in [-0.4, -0.2) is 297 Å². The summed E-state index contributed by atoms with van der Waals surface area (Å²) in [7, 11) is 11.6. The van der Waals surface area contributed by atoms with Gasteiger partial charge in [0.05, 0.1) is 32.5 Å². The zero-order valence-electron chi connectivity index (χ0n) is 65.4. The summed E-state index contributed by atoms with van der Waals surface area (Å²) in [6, 6.07) is -14.4. The lowest BCUT2D eigenvalue weighted by atomic mass is 9.90. The van der Waals surface area contributed by atoms with Crippen molar-refractivity contribution in [3.8, 4) is 0 Å². The van der Waals surface area contributed by atoms with E-state index < -0.39 is 161 Å². The van der Waals surface area contributed by atoms with Crippen molar-refractivity contribution < 1.29 is 67.3 Å². The minimum Gasteiger partial charge on any atom is -0.390 e. The van der Waals surface area contributed by atoms with Gasteiger partial charge in [-0.1, -0.05) is 89.5 Å². The van der Waals surface area contributed by atoms with Crippen molar-refractivity contribution in [3.63, 3.8) is 0 Å².